The maximum absolute atomic E-state index is 4.83. The quantitative estimate of drug-likeness (QED) is 0.638. The molecule has 0 saturated heterocycles. The molecule has 0 aromatic heterocycles. The Labute approximate surface area is 132 Å². The van der Waals surface area contributed by atoms with Crippen molar-refractivity contribution in [3.8, 4) is 0 Å². The first-order valence-corrected chi connectivity index (χ1v) is 7.97. The lowest BCUT2D eigenvalue weighted by atomic mass is 10.8. The van der Waals surface area contributed by atoms with E-state index >= 15 is 0 Å². The van der Waals surface area contributed by atoms with Crippen molar-refractivity contribution >= 4 is 0 Å². The van der Waals surface area contributed by atoms with Crippen LogP contribution in [0, 0.1) is 0 Å². The van der Waals surface area contributed by atoms with Crippen LogP contribution < -0.4 is 0 Å². The molecule has 0 aromatic rings. The molecule has 0 unspecified atom stereocenters. The van der Waals surface area contributed by atoms with Crippen molar-refractivity contribution in [2.45, 2.75) is 55.4 Å². The average Bonchev–Trinajstić information content (AvgIpc) is 2.44. The molecule has 4 nitrogen and oxygen atoms in total. The summed E-state index contributed by atoms with van der Waals surface area (Å²) in [6, 6.07) is 0. The van der Waals surface area contributed by atoms with Crippen molar-refractivity contribution in [1.82, 2.24) is 0 Å². The molecule has 0 radical (unpaired) electrons. The molecule has 0 rings (SSSR count). The predicted molar refractivity (Wildman–Crippen MR) is 95.0 cm³/mol. The Hall–Kier alpha value is -0.160. The molecule has 0 heterocycles. The van der Waals surface area contributed by atoms with Gasteiger partial charge in [0.15, 0.2) is 0 Å². The van der Waals surface area contributed by atoms with Crippen LogP contribution in [0.2, 0.25) is 0 Å². The summed E-state index contributed by atoms with van der Waals surface area (Å²) < 4.78 is 19.3. The summed E-state index contributed by atoms with van der Waals surface area (Å²) in [5.41, 5.74) is 0. The van der Waals surface area contributed by atoms with Crippen molar-refractivity contribution in [2.24, 2.45) is 0 Å². The molecule has 0 aliphatic carbocycles. The van der Waals surface area contributed by atoms with Gasteiger partial charge in [0, 0.05) is 57.1 Å². The molecule has 0 aliphatic heterocycles. The SMILES string of the molecule is CCOCC.CCOCC.CCOCC.CCOCC.[HH].[HH].[HH]. The third kappa shape index (κ3) is 82.3. The average molecular weight is 303 g/mol. The standard InChI is InChI=1S/4C4H10O.3H2/c4*1-3-5-4-2;;;/h4*3-4H2,1-2H3;3*1H. The molecule has 0 aromatic carbocycles. The van der Waals surface area contributed by atoms with Crippen LogP contribution in [0.3, 0.4) is 0 Å². The molecule has 134 valence electrons. The Balaban J connectivity index is -0.0000000284. The van der Waals surface area contributed by atoms with Crippen LogP contribution in [0.4, 0.5) is 0 Å². The van der Waals surface area contributed by atoms with E-state index in [-0.39, 0.29) is 4.28 Å². The fourth-order valence-corrected chi connectivity index (χ4v) is 0.816. The summed E-state index contributed by atoms with van der Waals surface area (Å²) in [6.07, 6.45) is 0. The zero-order valence-corrected chi connectivity index (χ0v) is 15.3. The Morgan fingerprint density at radius 2 is 0.450 bits per heavy atom. The smallest absolute Gasteiger partial charge is 0.0437 e. The van der Waals surface area contributed by atoms with E-state index in [1.54, 1.807) is 0 Å². The first-order valence-electron chi connectivity index (χ1n) is 7.97. The van der Waals surface area contributed by atoms with Gasteiger partial charge in [-0.3, -0.25) is 0 Å². The maximum Gasteiger partial charge on any atom is 0.0437 e. The highest BCUT2D eigenvalue weighted by molar-refractivity contribution is 4.08. The van der Waals surface area contributed by atoms with E-state index in [1.165, 1.54) is 0 Å². The van der Waals surface area contributed by atoms with Crippen LogP contribution in [-0.2, 0) is 18.9 Å². The molecule has 0 fully saturated rings. The van der Waals surface area contributed by atoms with E-state index in [1.807, 2.05) is 55.4 Å². The minimum Gasteiger partial charge on any atom is -0.382 e. The fourth-order valence-electron chi connectivity index (χ4n) is 0.816. The molecule has 0 bridgehead atoms. The molecular weight excluding hydrogens is 256 g/mol. The third-order valence-corrected chi connectivity index (χ3v) is 1.63. The zero-order chi connectivity index (χ0) is 16.5. The summed E-state index contributed by atoms with van der Waals surface area (Å²) in [4.78, 5) is 0. The molecule has 0 amide bonds. The monoisotopic (exact) mass is 302 g/mol. The molecular formula is C16H46O4. The fraction of sp³-hybridized carbons (Fsp3) is 1.00. The molecule has 0 saturated carbocycles. The van der Waals surface area contributed by atoms with Gasteiger partial charge in [-0.2, -0.15) is 0 Å². The summed E-state index contributed by atoms with van der Waals surface area (Å²) in [5.74, 6) is 0. The minimum absolute atomic E-state index is 0. The number of ether oxygens (including phenoxy) is 4. The van der Waals surface area contributed by atoms with Crippen LogP contribution in [0.25, 0.3) is 0 Å². The van der Waals surface area contributed by atoms with Gasteiger partial charge in [0.05, 0.1) is 0 Å². The highest BCUT2D eigenvalue weighted by Crippen LogP contribution is 1.65. The van der Waals surface area contributed by atoms with E-state index in [0.717, 1.165) is 52.9 Å². The van der Waals surface area contributed by atoms with E-state index in [2.05, 4.69) is 0 Å². The van der Waals surface area contributed by atoms with E-state index in [0.29, 0.717) is 0 Å². The summed E-state index contributed by atoms with van der Waals surface area (Å²) >= 11 is 0. The zero-order valence-electron chi connectivity index (χ0n) is 15.3. The van der Waals surface area contributed by atoms with Gasteiger partial charge < -0.3 is 18.9 Å². The van der Waals surface area contributed by atoms with Crippen LogP contribution in [0.1, 0.15) is 59.7 Å². The lowest BCUT2D eigenvalue weighted by Crippen LogP contribution is -1.84. The molecule has 0 N–H and O–H groups in total. The van der Waals surface area contributed by atoms with Crippen molar-refractivity contribution in [3.05, 3.63) is 0 Å². The van der Waals surface area contributed by atoms with E-state index in [9.17, 15) is 0 Å². The van der Waals surface area contributed by atoms with Crippen LogP contribution in [0.5, 0.6) is 0 Å². The maximum atomic E-state index is 4.83. The highest BCUT2D eigenvalue weighted by Gasteiger charge is 1.65. The molecule has 4 heteroatoms. The van der Waals surface area contributed by atoms with Gasteiger partial charge in [0.2, 0.25) is 0 Å². The number of rotatable bonds is 8. The summed E-state index contributed by atoms with van der Waals surface area (Å²) in [5, 5.41) is 0. The molecule has 0 atom stereocenters. The van der Waals surface area contributed by atoms with Gasteiger partial charge in [-0.1, -0.05) is 0 Å². The molecule has 0 spiro atoms. The van der Waals surface area contributed by atoms with E-state index in [4.69, 9.17) is 18.9 Å². The lowest BCUT2D eigenvalue weighted by molar-refractivity contribution is 0.162. The van der Waals surface area contributed by atoms with Crippen LogP contribution in [0.15, 0.2) is 0 Å². The van der Waals surface area contributed by atoms with Gasteiger partial charge in [-0.05, 0) is 55.4 Å². The Morgan fingerprint density at radius 3 is 0.450 bits per heavy atom. The van der Waals surface area contributed by atoms with Crippen molar-refractivity contribution < 1.29 is 23.2 Å². The highest BCUT2D eigenvalue weighted by atomic mass is 16.5. The second-order valence-corrected chi connectivity index (χ2v) is 3.13. The number of hydrogen-bond acceptors (Lipinski definition) is 4. The minimum atomic E-state index is 0. The normalized spacial score (nSPS) is 8.40. The lowest BCUT2D eigenvalue weighted by Gasteiger charge is -1.86. The summed E-state index contributed by atoms with van der Waals surface area (Å²) in [7, 11) is 0. The Morgan fingerprint density at radius 1 is 0.350 bits per heavy atom. The summed E-state index contributed by atoms with van der Waals surface area (Å²) in [6.45, 7) is 22.7. The topological polar surface area (TPSA) is 36.9 Å². The van der Waals surface area contributed by atoms with Gasteiger partial charge in [-0.15, -0.1) is 0 Å². The Bertz CT molecular complexity index is 81.3. The molecule has 20 heavy (non-hydrogen) atoms. The van der Waals surface area contributed by atoms with Crippen molar-refractivity contribution in [3.63, 3.8) is 0 Å². The van der Waals surface area contributed by atoms with Gasteiger partial charge in [0.1, 0.15) is 0 Å². The Kier molecular flexibility index (Phi) is 60.0. The van der Waals surface area contributed by atoms with Crippen molar-refractivity contribution in [2.75, 3.05) is 52.9 Å². The largest absolute Gasteiger partial charge is 0.382 e. The first kappa shape index (κ1) is 28.1. The molecule has 0 aliphatic rings. The van der Waals surface area contributed by atoms with Gasteiger partial charge >= 0.3 is 0 Å². The second kappa shape index (κ2) is 42.8. The van der Waals surface area contributed by atoms with Crippen LogP contribution >= 0.6 is 0 Å². The third-order valence-electron chi connectivity index (χ3n) is 1.63. The van der Waals surface area contributed by atoms with E-state index < -0.39 is 0 Å². The predicted octanol–water partition coefficient (Wildman–Crippen LogP) is 4.91. The van der Waals surface area contributed by atoms with Crippen molar-refractivity contribution in [1.29, 1.82) is 0 Å². The first-order chi connectivity index (χ1) is 9.66. The van der Waals surface area contributed by atoms with Crippen LogP contribution in [-0.4, -0.2) is 52.9 Å². The van der Waals surface area contributed by atoms with Gasteiger partial charge in [0.25, 0.3) is 0 Å². The number of hydrogen-bond donors (Lipinski definition) is 0. The second-order valence-electron chi connectivity index (χ2n) is 3.13. The van der Waals surface area contributed by atoms with Gasteiger partial charge in [-0.25, -0.2) is 0 Å².